The molecule has 0 aliphatic carbocycles. The number of amides is 1. The fourth-order valence-corrected chi connectivity index (χ4v) is 3.62. The Kier molecular flexibility index (Phi) is 6.40. The van der Waals surface area contributed by atoms with Crippen molar-refractivity contribution >= 4 is 46.5 Å². The number of alkyl halides is 2. The number of aromatic nitrogens is 2. The highest BCUT2D eigenvalue weighted by atomic mass is 32.2. The highest BCUT2D eigenvalue weighted by Crippen LogP contribution is 2.27. The molecule has 0 aliphatic rings. The summed E-state index contributed by atoms with van der Waals surface area (Å²) in [4.78, 5) is 11.8. The molecule has 1 N–H and O–H groups in total. The number of thioether (sulfide) groups is 2. The van der Waals surface area contributed by atoms with Gasteiger partial charge in [0.1, 0.15) is 5.75 Å². The second-order valence-electron chi connectivity index (χ2n) is 3.78. The van der Waals surface area contributed by atoms with Gasteiger partial charge in [0.2, 0.25) is 5.91 Å². The molecular formula is C12H11F2N3O2S3. The summed E-state index contributed by atoms with van der Waals surface area (Å²) in [6, 6.07) is 5.73. The lowest BCUT2D eigenvalue weighted by Gasteiger charge is -2.07. The molecule has 0 unspecified atom stereocenters. The molecule has 2 rings (SSSR count). The first-order valence-corrected chi connectivity index (χ1v) is 8.94. The fourth-order valence-electron chi connectivity index (χ4n) is 1.38. The average molecular weight is 363 g/mol. The van der Waals surface area contributed by atoms with Crippen LogP contribution in [-0.4, -0.2) is 34.7 Å². The number of nitrogens with one attached hydrogen (secondary N) is 1. The Bertz CT molecular complexity index is 622. The summed E-state index contributed by atoms with van der Waals surface area (Å²) in [5, 5.41) is 10.5. The van der Waals surface area contributed by atoms with Gasteiger partial charge in [0.25, 0.3) is 0 Å². The van der Waals surface area contributed by atoms with Crippen LogP contribution in [0.2, 0.25) is 0 Å². The summed E-state index contributed by atoms with van der Waals surface area (Å²) >= 11 is 4.21. The third kappa shape index (κ3) is 5.43. The van der Waals surface area contributed by atoms with Crippen molar-refractivity contribution < 1.29 is 18.3 Å². The summed E-state index contributed by atoms with van der Waals surface area (Å²) in [5.74, 6) is 0.0208. The Morgan fingerprint density at radius 3 is 2.59 bits per heavy atom. The minimum absolute atomic E-state index is 0.0424. The maximum absolute atomic E-state index is 12.0. The Balaban J connectivity index is 1.81. The molecule has 0 bridgehead atoms. The van der Waals surface area contributed by atoms with Crippen LogP contribution < -0.4 is 10.1 Å². The van der Waals surface area contributed by atoms with Crippen LogP contribution in [0.25, 0.3) is 0 Å². The molecule has 2 aromatic rings. The molecule has 1 heterocycles. The zero-order valence-corrected chi connectivity index (χ0v) is 13.7. The number of rotatable bonds is 7. The lowest BCUT2D eigenvalue weighted by atomic mass is 10.3. The first-order chi connectivity index (χ1) is 10.6. The molecular weight excluding hydrogens is 352 g/mol. The van der Waals surface area contributed by atoms with Crippen molar-refractivity contribution in [2.24, 2.45) is 0 Å². The lowest BCUT2D eigenvalue weighted by molar-refractivity contribution is -0.113. The van der Waals surface area contributed by atoms with Gasteiger partial charge in [-0.1, -0.05) is 34.9 Å². The van der Waals surface area contributed by atoms with Gasteiger partial charge >= 0.3 is 6.61 Å². The monoisotopic (exact) mass is 363 g/mol. The molecule has 1 amide bonds. The van der Waals surface area contributed by atoms with E-state index in [0.717, 1.165) is 8.68 Å². The molecule has 0 fully saturated rings. The van der Waals surface area contributed by atoms with Gasteiger partial charge in [0.05, 0.1) is 5.75 Å². The summed E-state index contributed by atoms with van der Waals surface area (Å²) in [7, 11) is 0. The topological polar surface area (TPSA) is 64.1 Å². The van der Waals surface area contributed by atoms with Crippen molar-refractivity contribution in [2.75, 3.05) is 17.3 Å². The van der Waals surface area contributed by atoms with Gasteiger partial charge in [-0.2, -0.15) is 8.78 Å². The molecule has 0 spiro atoms. The maximum atomic E-state index is 12.0. The summed E-state index contributed by atoms with van der Waals surface area (Å²) in [5.41, 5.74) is 0.509. The van der Waals surface area contributed by atoms with Crippen LogP contribution in [0.3, 0.4) is 0 Å². The summed E-state index contributed by atoms with van der Waals surface area (Å²) in [6.07, 6.45) is 1.91. The second-order valence-corrected chi connectivity index (χ2v) is 7.03. The van der Waals surface area contributed by atoms with Crippen LogP contribution >= 0.6 is 34.9 Å². The zero-order chi connectivity index (χ0) is 15.9. The number of carbonyl (C=O) groups is 1. The van der Waals surface area contributed by atoms with Crippen molar-refractivity contribution in [1.29, 1.82) is 0 Å². The number of halogens is 2. The minimum atomic E-state index is -2.87. The van der Waals surface area contributed by atoms with Crippen molar-refractivity contribution in [1.82, 2.24) is 10.2 Å². The van der Waals surface area contributed by atoms with Gasteiger partial charge in [-0.15, -0.1) is 10.2 Å². The Morgan fingerprint density at radius 2 is 2.00 bits per heavy atom. The van der Waals surface area contributed by atoms with Crippen LogP contribution in [0.1, 0.15) is 0 Å². The predicted molar refractivity (Wildman–Crippen MR) is 84.1 cm³/mol. The van der Waals surface area contributed by atoms with Crippen LogP contribution in [0.15, 0.2) is 32.9 Å². The van der Waals surface area contributed by atoms with E-state index in [4.69, 9.17) is 0 Å². The molecule has 1 aromatic carbocycles. The van der Waals surface area contributed by atoms with E-state index in [1.165, 1.54) is 59.1 Å². The van der Waals surface area contributed by atoms with E-state index in [-0.39, 0.29) is 17.4 Å². The van der Waals surface area contributed by atoms with E-state index in [1.807, 2.05) is 6.26 Å². The van der Waals surface area contributed by atoms with Crippen molar-refractivity contribution in [3.05, 3.63) is 24.3 Å². The molecule has 0 aliphatic heterocycles. The van der Waals surface area contributed by atoms with Gasteiger partial charge in [0, 0.05) is 5.69 Å². The first-order valence-electron chi connectivity index (χ1n) is 5.92. The van der Waals surface area contributed by atoms with Crippen molar-refractivity contribution in [2.45, 2.75) is 15.3 Å². The number of nitrogens with zero attached hydrogens (tertiary/aromatic N) is 2. The number of ether oxygens (including phenoxy) is 1. The predicted octanol–water partition coefficient (Wildman–Crippen LogP) is 3.59. The number of hydrogen-bond donors (Lipinski definition) is 1. The van der Waals surface area contributed by atoms with Gasteiger partial charge in [0.15, 0.2) is 8.68 Å². The van der Waals surface area contributed by atoms with Crippen molar-refractivity contribution in [3.63, 3.8) is 0 Å². The normalized spacial score (nSPS) is 10.7. The van der Waals surface area contributed by atoms with E-state index >= 15 is 0 Å². The average Bonchev–Trinajstić information content (AvgIpc) is 2.95. The molecule has 10 heteroatoms. The van der Waals surface area contributed by atoms with Crippen molar-refractivity contribution in [3.8, 4) is 5.75 Å². The van der Waals surface area contributed by atoms with E-state index < -0.39 is 6.61 Å². The van der Waals surface area contributed by atoms with E-state index in [2.05, 4.69) is 20.3 Å². The zero-order valence-electron chi connectivity index (χ0n) is 11.3. The molecule has 0 saturated heterocycles. The summed E-state index contributed by atoms with van der Waals surface area (Å²) in [6.45, 7) is -2.87. The molecule has 0 atom stereocenters. The quantitative estimate of drug-likeness (QED) is 0.759. The highest BCUT2D eigenvalue weighted by molar-refractivity contribution is 8.03. The number of carbonyl (C=O) groups excluding carboxylic acids is 1. The molecule has 1 aromatic heterocycles. The van der Waals surface area contributed by atoms with Crippen LogP contribution in [0, 0.1) is 0 Å². The van der Waals surface area contributed by atoms with Gasteiger partial charge < -0.3 is 10.1 Å². The Labute approximate surface area is 137 Å². The lowest BCUT2D eigenvalue weighted by Crippen LogP contribution is -2.13. The molecule has 0 saturated carbocycles. The standard InChI is InChI=1S/C12H11F2N3O2S3/c1-20-11-16-17-12(22-11)21-6-9(18)15-7-2-4-8(5-3-7)19-10(13)14/h2-5,10H,6H2,1H3,(H,15,18). The Hall–Kier alpha value is -1.39. The third-order valence-corrected chi connectivity index (χ3v) is 5.28. The van der Waals surface area contributed by atoms with Gasteiger partial charge in [-0.3, -0.25) is 4.79 Å². The highest BCUT2D eigenvalue weighted by Gasteiger charge is 2.09. The maximum Gasteiger partial charge on any atom is 0.387 e. The summed E-state index contributed by atoms with van der Waals surface area (Å²) < 4.78 is 29.8. The fraction of sp³-hybridized carbons (Fsp3) is 0.250. The van der Waals surface area contributed by atoms with E-state index in [0.29, 0.717) is 5.69 Å². The molecule has 0 radical (unpaired) electrons. The van der Waals surface area contributed by atoms with E-state index in [9.17, 15) is 13.6 Å². The largest absolute Gasteiger partial charge is 0.435 e. The van der Waals surface area contributed by atoms with Gasteiger partial charge in [-0.25, -0.2) is 0 Å². The molecule has 5 nitrogen and oxygen atoms in total. The third-order valence-electron chi connectivity index (χ3n) is 2.25. The first kappa shape index (κ1) is 17.0. The van der Waals surface area contributed by atoms with Crippen LogP contribution in [-0.2, 0) is 4.79 Å². The smallest absolute Gasteiger partial charge is 0.387 e. The number of benzene rings is 1. The molecule has 118 valence electrons. The number of hydrogen-bond acceptors (Lipinski definition) is 7. The Morgan fingerprint density at radius 1 is 1.32 bits per heavy atom. The second kappa shape index (κ2) is 8.30. The SMILES string of the molecule is CSc1nnc(SCC(=O)Nc2ccc(OC(F)F)cc2)s1. The van der Waals surface area contributed by atoms with Crippen LogP contribution in [0.5, 0.6) is 5.75 Å². The minimum Gasteiger partial charge on any atom is -0.435 e. The van der Waals surface area contributed by atoms with Gasteiger partial charge in [-0.05, 0) is 30.5 Å². The molecule has 22 heavy (non-hydrogen) atoms. The van der Waals surface area contributed by atoms with Crippen LogP contribution in [0.4, 0.5) is 14.5 Å². The number of anilines is 1. The van der Waals surface area contributed by atoms with E-state index in [1.54, 1.807) is 0 Å².